The standard InChI is InChI=1S/C8H15NO2.C8H19N.C7H15NO2.C6H9FO2.C6H11F.C6H11NO2.C6H13NO2.C6H13N.C6H15N.C5H10FNO2.C5H13N.C5H10/c9-7(8(10)11)6-4-2-1-3-5-6;1-7(9)5-6-8(2,3)4;1-5(2)3-4-6(8)7(9)10;7-5-2-1-4(3-5)6(8)9;1-5-2-3-6(7)4-5;7-5(6(8)9)3-4-1-2-4;1-6(2,3)4(7)5(8)9;1-6(7)4-2-3-5-6;1-3-4-5-6(2)7;1-5(2,6)3(7)4(8)9;1-3-4-5(2)6;1-5-3-2-4-5/h6-7H,1-5,9H2,(H,10,11);7H,5-6,9H2,1-4H3;5-6H,3-4,8H2,1-2H3,(H,9,10);4-5H,1-3H2,(H,8,9);5-6H,2-4H2,1H3;4-5H,1-3,7H2,(H,8,9);4H,7H2,1-3H3,(H,8,9);2-5,7H2,1H3;6H,3-5,7H2,1-2H3;3H,7H2,1-2H3,(H,8,9);5H,3-4,6H2,1-2H3;5H,2-4H2,1H3/p+3/t2*7-;6-;4-,5-;5-,6+;5-;4-;;6-;3-;5-;/m0100001.111./s1. The van der Waals surface area contributed by atoms with E-state index in [1.807, 2.05) is 20.8 Å². The molecule has 98 heavy (non-hydrogen) atoms. The highest BCUT2D eigenvalue weighted by Crippen LogP contribution is 2.33. The Kier molecular flexibility index (Phi) is 63.1. The Labute approximate surface area is 593 Å². The number of halogens is 3. The molecule has 0 aromatic heterocycles. The minimum absolute atomic E-state index is 0.155. The van der Waals surface area contributed by atoms with E-state index in [9.17, 15) is 72.6 Å². The van der Waals surface area contributed by atoms with Crippen molar-refractivity contribution < 1.29 is 124 Å². The molecule has 0 bridgehead atoms. The first-order valence-electron chi connectivity index (χ1n) is 37.4. The number of quaternary nitrogens is 9. The number of carbonyl (C=O) groups is 6. The molecule has 6 aliphatic rings. The number of unbranched alkanes of at least 4 members (excludes halogenated alkanes) is 1. The summed E-state index contributed by atoms with van der Waals surface area (Å²) < 4.78 is 37.0. The van der Waals surface area contributed by atoms with Crippen molar-refractivity contribution >= 4 is 35.8 Å². The van der Waals surface area contributed by atoms with Crippen molar-refractivity contribution in [1.82, 2.24) is 0 Å². The largest absolute Gasteiger partial charge is 0.550 e. The van der Waals surface area contributed by atoms with Crippen LogP contribution in [0.2, 0.25) is 0 Å². The number of aliphatic carboxylic acids is 6. The van der Waals surface area contributed by atoms with E-state index in [0.29, 0.717) is 72.5 Å². The zero-order valence-electron chi connectivity index (χ0n) is 65.8. The summed E-state index contributed by atoms with van der Waals surface area (Å²) in [6, 6.07) is -1.52. The first kappa shape index (κ1) is 105. The van der Waals surface area contributed by atoms with Gasteiger partial charge in [0.15, 0.2) is 11.7 Å². The highest BCUT2D eigenvalue weighted by atomic mass is 19.1. The van der Waals surface area contributed by atoms with Gasteiger partial charge in [0.25, 0.3) is 0 Å². The number of rotatable bonds is 20. The number of carboxylic acid groups (broad SMARTS) is 6. The van der Waals surface area contributed by atoms with Crippen LogP contribution in [0.15, 0.2) is 0 Å². The molecule has 21 nitrogen and oxygen atoms in total. The molecule has 0 unspecified atom stereocenters. The van der Waals surface area contributed by atoms with E-state index in [1.54, 1.807) is 0 Å². The Bertz CT molecular complexity index is 1950. The molecule has 0 saturated heterocycles. The third-order valence-electron chi connectivity index (χ3n) is 17.8. The lowest BCUT2D eigenvalue weighted by Crippen LogP contribution is -2.75. The second kappa shape index (κ2) is 58.7. The minimum atomic E-state index is -1.79. The van der Waals surface area contributed by atoms with Crippen LogP contribution >= 0.6 is 0 Å². The molecule has 12 atom stereocenters. The van der Waals surface area contributed by atoms with Gasteiger partial charge in [0.2, 0.25) is 0 Å². The van der Waals surface area contributed by atoms with E-state index in [4.69, 9.17) is 0 Å². The highest BCUT2D eigenvalue weighted by molar-refractivity contribution is 5.71. The number of carboxylic acids is 6. The molecular formula is C74H157F3N9O12+3. The molecule has 0 aromatic carbocycles. The Morgan fingerprint density at radius 3 is 1.10 bits per heavy atom. The van der Waals surface area contributed by atoms with Gasteiger partial charge in [-0.05, 0) is 186 Å². The Hall–Kier alpha value is -3.75. The van der Waals surface area contributed by atoms with E-state index < -0.39 is 90.0 Å². The number of hydrogen-bond donors (Lipinski definition) is 9. The lowest BCUT2D eigenvalue weighted by atomic mass is 9.84. The van der Waals surface area contributed by atoms with Gasteiger partial charge in [0.05, 0.1) is 47.5 Å². The Morgan fingerprint density at radius 2 is 0.929 bits per heavy atom. The molecule has 0 spiro atoms. The fourth-order valence-corrected chi connectivity index (χ4v) is 9.71. The van der Waals surface area contributed by atoms with Gasteiger partial charge in [-0.2, -0.15) is 0 Å². The molecule has 6 saturated carbocycles. The first-order valence-corrected chi connectivity index (χ1v) is 37.4. The van der Waals surface area contributed by atoms with Crippen molar-refractivity contribution in [2.75, 3.05) is 0 Å². The van der Waals surface area contributed by atoms with Crippen LogP contribution in [0.4, 0.5) is 13.2 Å². The summed E-state index contributed by atoms with van der Waals surface area (Å²) >= 11 is 0. The SMILES string of the molecule is CC(C)(C)[C@H]([NH3+])C(=O)[O-].CC(C)(F)[C@H]([NH3+])C(=O)[O-].CC(C)CC[C@H]([NH3+])C(=O)[O-].CC1([NH3+])CCCC1.CC1CCC1.CCCC[C@@H](C)[NH3+].CCC[C@@H](C)[NH3+].C[C@@H]([NH3+])CCC(C)(C)C.C[C@H]1CC[C@@H](F)C1.O=C([O-])[C@H]1CC[C@H](F)C1.[NH3+][C@@H](CC1CC1)C(=O)[O-].[NH3+][C@H](C(=O)[O-])C1CCCCC1. The summed E-state index contributed by atoms with van der Waals surface area (Å²) in [5.41, 5.74) is 31.6. The molecule has 27 N–H and O–H groups in total. The molecular weight excluding hydrogens is 1260 g/mol. The van der Waals surface area contributed by atoms with Crippen LogP contribution in [-0.4, -0.2) is 108 Å². The lowest BCUT2D eigenvalue weighted by molar-refractivity contribution is -0.469. The molecule has 6 fully saturated rings. The fraction of sp³-hybridized carbons (Fsp3) is 0.919. The normalized spacial score (nSPS) is 21.6. The quantitative estimate of drug-likeness (QED) is 0.0738. The molecule has 588 valence electrons. The summed E-state index contributed by atoms with van der Waals surface area (Å²) in [5.74, 6) is -4.05. The van der Waals surface area contributed by atoms with E-state index in [-0.39, 0.29) is 17.8 Å². The monoisotopic (exact) mass is 1420 g/mol. The second-order valence-electron chi connectivity index (χ2n) is 33.0. The summed E-state index contributed by atoms with van der Waals surface area (Å²) in [4.78, 5) is 60.8. The zero-order valence-corrected chi connectivity index (χ0v) is 65.8. The topological polar surface area (TPSA) is 490 Å². The third-order valence-corrected chi connectivity index (χ3v) is 17.8. The average molecular weight is 1420 g/mol. The van der Waals surface area contributed by atoms with Crippen LogP contribution in [0.5, 0.6) is 0 Å². The summed E-state index contributed by atoms with van der Waals surface area (Å²) in [6.45, 7) is 36.2. The van der Waals surface area contributed by atoms with Crippen molar-refractivity contribution in [2.45, 2.75) is 389 Å². The molecule has 0 aromatic rings. The summed E-state index contributed by atoms with van der Waals surface area (Å²) in [6.07, 6.45) is 31.5. The van der Waals surface area contributed by atoms with Crippen LogP contribution in [-0.2, 0) is 28.8 Å². The van der Waals surface area contributed by atoms with Gasteiger partial charge in [-0.15, -0.1) is 0 Å². The van der Waals surface area contributed by atoms with Gasteiger partial charge >= 0.3 is 0 Å². The van der Waals surface area contributed by atoms with Gasteiger partial charge in [-0.1, -0.05) is 134 Å². The van der Waals surface area contributed by atoms with Crippen LogP contribution in [0, 0.1) is 46.3 Å². The molecule has 0 radical (unpaired) electrons. The molecule has 24 heteroatoms. The number of hydrogen-bond acceptors (Lipinski definition) is 12. The Balaban J connectivity index is -0.000000237. The molecule has 6 rings (SSSR count). The maximum atomic E-state index is 12.5. The van der Waals surface area contributed by atoms with E-state index in [2.05, 4.69) is 142 Å². The van der Waals surface area contributed by atoms with Crippen LogP contribution in [0.25, 0.3) is 0 Å². The van der Waals surface area contributed by atoms with Gasteiger partial charge in [0.1, 0.15) is 42.5 Å². The number of carbonyl (C=O) groups excluding carboxylic acids is 6. The van der Waals surface area contributed by atoms with Crippen LogP contribution in [0.1, 0.15) is 317 Å². The maximum Gasteiger partial charge on any atom is 0.162 e. The van der Waals surface area contributed by atoms with Gasteiger partial charge in [-0.25, -0.2) is 13.2 Å². The van der Waals surface area contributed by atoms with Crippen molar-refractivity contribution in [3.8, 4) is 0 Å². The smallest absolute Gasteiger partial charge is 0.162 e. The third kappa shape index (κ3) is 73.5. The highest BCUT2D eigenvalue weighted by Gasteiger charge is 2.31. The van der Waals surface area contributed by atoms with Crippen molar-refractivity contribution in [3.05, 3.63) is 0 Å². The second-order valence-corrected chi connectivity index (χ2v) is 33.0. The maximum absolute atomic E-state index is 12.5. The zero-order chi connectivity index (χ0) is 77.9. The summed E-state index contributed by atoms with van der Waals surface area (Å²) in [5, 5.41) is 60.8. The van der Waals surface area contributed by atoms with E-state index in [1.165, 1.54) is 109 Å². The van der Waals surface area contributed by atoms with Crippen LogP contribution < -0.4 is 82.2 Å². The summed E-state index contributed by atoms with van der Waals surface area (Å²) in [7, 11) is 0. The molecule has 6 aliphatic carbocycles. The van der Waals surface area contributed by atoms with Crippen LogP contribution in [0.3, 0.4) is 0 Å². The molecule has 0 heterocycles. The average Bonchev–Trinajstić information content (AvgIpc) is 1.13. The predicted molar refractivity (Wildman–Crippen MR) is 369 cm³/mol. The molecule has 0 amide bonds. The van der Waals surface area contributed by atoms with Crippen molar-refractivity contribution in [2.24, 2.45) is 46.3 Å². The number of alkyl halides is 3. The van der Waals surface area contributed by atoms with Gasteiger partial charge in [0, 0.05) is 48.9 Å². The van der Waals surface area contributed by atoms with E-state index in [0.717, 1.165) is 71.1 Å². The van der Waals surface area contributed by atoms with Crippen molar-refractivity contribution in [1.29, 1.82) is 0 Å². The van der Waals surface area contributed by atoms with Crippen molar-refractivity contribution in [3.63, 3.8) is 0 Å². The van der Waals surface area contributed by atoms with E-state index >= 15 is 0 Å². The first-order chi connectivity index (χ1) is 44.7. The molecule has 0 aliphatic heterocycles. The Morgan fingerprint density at radius 1 is 0.490 bits per heavy atom. The lowest BCUT2D eigenvalue weighted by Gasteiger charge is -2.25. The van der Waals surface area contributed by atoms with Gasteiger partial charge in [-0.3, -0.25) is 0 Å². The fourth-order valence-electron chi connectivity index (χ4n) is 9.71. The predicted octanol–water partition coefficient (Wildman–Crippen LogP) is -0.602. The minimum Gasteiger partial charge on any atom is -0.550 e. The van der Waals surface area contributed by atoms with Gasteiger partial charge < -0.3 is 111 Å².